The van der Waals surface area contributed by atoms with Gasteiger partial charge in [-0.2, -0.15) is 8.42 Å². The van der Waals surface area contributed by atoms with Gasteiger partial charge in [0.1, 0.15) is 0 Å². The molecule has 0 amide bonds. The van der Waals surface area contributed by atoms with Crippen LogP contribution in [-0.2, 0) is 10.1 Å². The number of pyridine rings is 1. The summed E-state index contributed by atoms with van der Waals surface area (Å²) in [5, 5.41) is 1.74. The Kier molecular flexibility index (Phi) is 3.02. The van der Waals surface area contributed by atoms with E-state index in [1.807, 2.05) is 19.2 Å². The lowest BCUT2D eigenvalue weighted by atomic mass is 10.0. The Morgan fingerprint density at radius 2 is 2.10 bits per heavy atom. The Morgan fingerprint density at radius 3 is 2.76 bits per heavy atom. The maximum absolute atomic E-state index is 11.6. The van der Waals surface area contributed by atoms with E-state index < -0.39 is 10.1 Å². The molecule has 3 rings (SSSR count). The zero-order valence-electron chi connectivity index (χ0n) is 11.8. The first kappa shape index (κ1) is 13.7. The van der Waals surface area contributed by atoms with Crippen molar-refractivity contribution in [2.45, 2.75) is 0 Å². The molecule has 21 heavy (non-hydrogen) atoms. The molecule has 0 saturated heterocycles. The van der Waals surface area contributed by atoms with Gasteiger partial charge in [0.05, 0.1) is 24.7 Å². The minimum atomic E-state index is -3.67. The minimum absolute atomic E-state index is 0.175. The van der Waals surface area contributed by atoms with Gasteiger partial charge in [-0.15, -0.1) is 0 Å². The fourth-order valence-corrected chi connectivity index (χ4v) is 2.88. The van der Waals surface area contributed by atoms with Gasteiger partial charge in [0.15, 0.2) is 5.75 Å². The van der Waals surface area contributed by atoms with Crippen LogP contribution in [0.5, 0.6) is 11.5 Å². The Morgan fingerprint density at radius 1 is 1.33 bits per heavy atom. The predicted octanol–water partition coefficient (Wildman–Crippen LogP) is 2.00. The third-order valence-corrected chi connectivity index (χ3v) is 3.71. The summed E-state index contributed by atoms with van der Waals surface area (Å²) in [6.45, 7) is 0. The van der Waals surface area contributed by atoms with Crippen LogP contribution >= 0.6 is 0 Å². The fourth-order valence-electron chi connectivity index (χ4n) is 2.41. The van der Waals surface area contributed by atoms with Crippen LogP contribution in [0.15, 0.2) is 24.5 Å². The topological polar surface area (TPSA) is 68.7 Å². The second kappa shape index (κ2) is 4.63. The SMILES string of the molecule is COc1cc2ccnc3c2c(c1OS(C)(=O)=O)N(C)C=C3. The van der Waals surface area contributed by atoms with E-state index >= 15 is 0 Å². The lowest BCUT2D eigenvalue weighted by molar-refractivity contribution is 0.392. The van der Waals surface area contributed by atoms with Crippen molar-refractivity contribution < 1.29 is 17.3 Å². The Balaban J connectivity index is 2.42. The molecule has 2 heterocycles. The van der Waals surface area contributed by atoms with E-state index in [1.54, 1.807) is 23.4 Å². The number of benzene rings is 1. The highest BCUT2D eigenvalue weighted by atomic mass is 32.2. The van der Waals surface area contributed by atoms with Gasteiger partial charge < -0.3 is 13.8 Å². The first-order chi connectivity index (χ1) is 9.90. The molecular formula is C14H14N2O4S. The monoisotopic (exact) mass is 306 g/mol. The first-order valence-electron chi connectivity index (χ1n) is 6.21. The molecule has 0 fully saturated rings. The summed E-state index contributed by atoms with van der Waals surface area (Å²) in [5.41, 5.74) is 1.39. The predicted molar refractivity (Wildman–Crippen MR) is 81.2 cm³/mol. The van der Waals surface area contributed by atoms with Crippen molar-refractivity contribution >= 4 is 32.7 Å². The van der Waals surface area contributed by atoms with E-state index in [1.165, 1.54) is 7.11 Å². The van der Waals surface area contributed by atoms with Crippen LogP contribution in [0.2, 0.25) is 0 Å². The molecule has 1 aliphatic rings. The molecule has 0 radical (unpaired) electrons. The van der Waals surface area contributed by atoms with Gasteiger partial charge in [-0.3, -0.25) is 4.98 Å². The second-order valence-corrected chi connectivity index (χ2v) is 6.34. The summed E-state index contributed by atoms with van der Waals surface area (Å²) >= 11 is 0. The number of ether oxygens (including phenoxy) is 1. The molecule has 1 aromatic carbocycles. The summed E-state index contributed by atoms with van der Waals surface area (Å²) in [6, 6.07) is 3.60. The lowest BCUT2D eigenvalue weighted by Crippen LogP contribution is -2.16. The van der Waals surface area contributed by atoms with Crippen LogP contribution < -0.4 is 13.8 Å². The van der Waals surface area contributed by atoms with Crippen LogP contribution in [0.25, 0.3) is 16.8 Å². The largest absolute Gasteiger partial charge is 0.493 e. The summed E-state index contributed by atoms with van der Waals surface area (Å²) < 4.78 is 33.6. The molecule has 1 aromatic heterocycles. The number of hydrogen-bond donors (Lipinski definition) is 0. The summed E-state index contributed by atoms with van der Waals surface area (Å²) in [5.74, 6) is 0.538. The molecule has 0 unspecified atom stereocenters. The van der Waals surface area contributed by atoms with Gasteiger partial charge in [-0.05, 0) is 23.6 Å². The molecule has 0 bridgehead atoms. The van der Waals surface area contributed by atoms with Crippen LogP contribution in [0.1, 0.15) is 5.69 Å². The maximum Gasteiger partial charge on any atom is 0.306 e. The van der Waals surface area contributed by atoms with Crippen LogP contribution in [0, 0.1) is 0 Å². The zero-order chi connectivity index (χ0) is 15.2. The molecular weight excluding hydrogens is 292 g/mol. The van der Waals surface area contributed by atoms with E-state index in [2.05, 4.69) is 4.98 Å². The maximum atomic E-state index is 11.6. The van der Waals surface area contributed by atoms with E-state index in [4.69, 9.17) is 8.92 Å². The van der Waals surface area contributed by atoms with Crippen molar-refractivity contribution in [1.29, 1.82) is 0 Å². The molecule has 6 nitrogen and oxygen atoms in total. The average molecular weight is 306 g/mol. The second-order valence-electron chi connectivity index (χ2n) is 4.76. The number of rotatable bonds is 3. The lowest BCUT2D eigenvalue weighted by Gasteiger charge is -2.25. The van der Waals surface area contributed by atoms with Gasteiger partial charge in [0, 0.05) is 24.8 Å². The average Bonchev–Trinajstić information content (AvgIpc) is 2.42. The Hall–Kier alpha value is -2.28. The highest BCUT2D eigenvalue weighted by Gasteiger charge is 2.25. The molecule has 2 aromatic rings. The Bertz CT molecular complexity index is 859. The number of nitrogens with zero attached hydrogens (tertiary/aromatic N) is 2. The number of hydrogen-bond acceptors (Lipinski definition) is 6. The van der Waals surface area contributed by atoms with Crippen molar-refractivity contribution in [1.82, 2.24) is 4.98 Å². The minimum Gasteiger partial charge on any atom is -0.493 e. The smallest absolute Gasteiger partial charge is 0.306 e. The molecule has 0 spiro atoms. The summed E-state index contributed by atoms with van der Waals surface area (Å²) in [6.07, 6.45) is 6.38. The van der Waals surface area contributed by atoms with E-state index in [0.717, 1.165) is 22.7 Å². The number of aromatic nitrogens is 1. The van der Waals surface area contributed by atoms with E-state index in [-0.39, 0.29) is 5.75 Å². The van der Waals surface area contributed by atoms with Crippen molar-refractivity contribution in [2.24, 2.45) is 0 Å². The van der Waals surface area contributed by atoms with Crippen LogP contribution in [-0.4, -0.2) is 33.8 Å². The third kappa shape index (κ3) is 2.29. The molecule has 1 aliphatic heterocycles. The molecule has 110 valence electrons. The normalized spacial score (nSPS) is 13.6. The van der Waals surface area contributed by atoms with Gasteiger partial charge >= 0.3 is 10.1 Å². The number of methoxy groups -OCH3 is 1. The summed E-state index contributed by atoms with van der Waals surface area (Å²) in [7, 11) is -0.383. The highest BCUT2D eigenvalue weighted by Crippen LogP contribution is 2.46. The van der Waals surface area contributed by atoms with Crippen molar-refractivity contribution in [3.8, 4) is 11.5 Å². The Labute approximate surface area is 122 Å². The van der Waals surface area contributed by atoms with E-state index in [0.29, 0.717) is 11.4 Å². The zero-order valence-corrected chi connectivity index (χ0v) is 12.6. The standard InChI is InChI=1S/C14H14N2O4S/c1-16-7-5-10-12-9(4-6-15-10)8-11(19-2)14(13(12)16)20-21(3,17)18/h4-8H,1-3H3. The molecule has 0 saturated carbocycles. The van der Waals surface area contributed by atoms with E-state index in [9.17, 15) is 8.42 Å². The van der Waals surface area contributed by atoms with Crippen LogP contribution in [0.4, 0.5) is 5.69 Å². The number of anilines is 1. The van der Waals surface area contributed by atoms with Gasteiger partial charge in [0.25, 0.3) is 0 Å². The van der Waals surface area contributed by atoms with Crippen LogP contribution in [0.3, 0.4) is 0 Å². The van der Waals surface area contributed by atoms with Gasteiger partial charge in [0.2, 0.25) is 5.75 Å². The highest BCUT2D eigenvalue weighted by molar-refractivity contribution is 7.86. The summed E-state index contributed by atoms with van der Waals surface area (Å²) in [4.78, 5) is 6.10. The van der Waals surface area contributed by atoms with Crippen molar-refractivity contribution in [3.05, 3.63) is 30.2 Å². The third-order valence-electron chi connectivity index (χ3n) is 3.24. The van der Waals surface area contributed by atoms with Crippen molar-refractivity contribution in [3.63, 3.8) is 0 Å². The van der Waals surface area contributed by atoms with Gasteiger partial charge in [-0.25, -0.2) is 0 Å². The molecule has 7 heteroatoms. The van der Waals surface area contributed by atoms with Crippen molar-refractivity contribution in [2.75, 3.05) is 25.3 Å². The molecule has 0 atom stereocenters. The fraction of sp³-hybridized carbons (Fsp3) is 0.214. The quantitative estimate of drug-likeness (QED) is 0.808. The van der Waals surface area contributed by atoms with Gasteiger partial charge in [-0.1, -0.05) is 0 Å². The first-order valence-corrected chi connectivity index (χ1v) is 8.02. The molecule has 0 aliphatic carbocycles. The molecule has 0 N–H and O–H groups in total.